The second-order valence-electron chi connectivity index (χ2n) is 3.86. The Morgan fingerprint density at radius 3 is 2.59 bits per heavy atom. The molecule has 0 radical (unpaired) electrons. The number of nitrogens with one attached hydrogen (secondary N) is 1. The van der Waals surface area contributed by atoms with Gasteiger partial charge in [-0.15, -0.1) is 0 Å². The minimum absolute atomic E-state index is 0.0588. The van der Waals surface area contributed by atoms with Crippen molar-refractivity contribution in [1.29, 1.82) is 0 Å². The Hall–Kier alpha value is -2.42. The Kier molecular flexibility index (Phi) is 2.22. The van der Waals surface area contributed by atoms with Crippen LogP contribution in [0.2, 0.25) is 0 Å². The molecule has 0 aliphatic rings. The molecule has 0 unspecified atom stereocenters. The van der Waals surface area contributed by atoms with Crippen molar-refractivity contribution in [3.8, 4) is 11.1 Å². The van der Waals surface area contributed by atoms with Crippen LogP contribution in [0.25, 0.3) is 22.0 Å². The second-order valence-corrected chi connectivity index (χ2v) is 3.86. The number of aromatic amines is 1. The summed E-state index contributed by atoms with van der Waals surface area (Å²) in [4.78, 5) is 11.7. The molecular weight excluding hydrogens is 212 g/mol. The molecule has 3 heteroatoms. The van der Waals surface area contributed by atoms with Crippen LogP contribution in [0.4, 0.5) is 0 Å². The van der Waals surface area contributed by atoms with E-state index in [0.717, 1.165) is 16.6 Å². The summed E-state index contributed by atoms with van der Waals surface area (Å²) in [7, 11) is 0. The second kappa shape index (κ2) is 3.87. The van der Waals surface area contributed by atoms with E-state index in [-0.39, 0.29) is 5.43 Å². The number of rotatable bonds is 1. The summed E-state index contributed by atoms with van der Waals surface area (Å²) in [5.41, 5.74) is 2.84. The fraction of sp³-hybridized carbons (Fsp3) is 0. The summed E-state index contributed by atoms with van der Waals surface area (Å²) >= 11 is 0. The summed E-state index contributed by atoms with van der Waals surface area (Å²) < 4.78 is 0. The lowest BCUT2D eigenvalue weighted by atomic mass is 10.0. The number of H-pyrrole nitrogens is 1. The van der Waals surface area contributed by atoms with Crippen molar-refractivity contribution in [2.24, 2.45) is 0 Å². The first-order valence-electron chi connectivity index (χ1n) is 5.37. The Morgan fingerprint density at radius 1 is 0.941 bits per heavy atom. The van der Waals surface area contributed by atoms with E-state index in [1.165, 1.54) is 6.20 Å². The summed E-state index contributed by atoms with van der Waals surface area (Å²) in [5.74, 6) is 0. The first-order valence-corrected chi connectivity index (χ1v) is 5.37. The van der Waals surface area contributed by atoms with Crippen molar-refractivity contribution in [3.63, 3.8) is 0 Å². The smallest absolute Gasteiger partial charge is 0.207 e. The highest BCUT2D eigenvalue weighted by molar-refractivity contribution is 5.83. The van der Waals surface area contributed by atoms with E-state index >= 15 is 0 Å². The van der Waals surface area contributed by atoms with Crippen molar-refractivity contribution >= 4 is 10.9 Å². The highest BCUT2D eigenvalue weighted by Gasteiger charge is 2.02. The van der Waals surface area contributed by atoms with Gasteiger partial charge in [0.15, 0.2) is 0 Å². The van der Waals surface area contributed by atoms with E-state index in [1.807, 2.05) is 48.5 Å². The molecule has 3 aromatic rings. The normalized spacial score (nSPS) is 10.6. The zero-order valence-corrected chi connectivity index (χ0v) is 9.05. The molecule has 0 saturated carbocycles. The largest absolute Gasteiger partial charge is 0.287 e. The molecule has 0 atom stereocenters. The monoisotopic (exact) mass is 222 g/mol. The molecule has 0 aliphatic carbocycles. The van der Waals surface area contributed by atoms with Crippen LogP contribution in [0, 0.1) is 0 Å². The highest BCUT2D eigenvalue weighted by atomic mass is 16.1. The Bertz CT molecular complexity index is 717. The van der Waals surface area contributed by atoms with Gasteiger partial charge in [-0.2, -0.15) is 5.10 Å². The van der Waals surface area contributed by atoms with Crippen molar-refractivity contribution in [2.75, 3.05) is 0 Å². The zero-order valence-electron chi connectivity index (χ0n) is 9.05. The molecular formula is C14H10N2O. The third-order valence-electron chi connectivity index (χ3n) is 2.76. The van der Waals surface area contributed by atoms with Gasteiger partial charge in [-0.1, -0.05) is 36.4 Å². The van der Waals surface area contributed by atoms with E-state index in [0.29, 0.717) is 5.39 Å². The van der Waals surface area contributed by atoms with Crippen molar-refractivity contribution in [2.45, 2.75) is 0 Å². The van der Waals surface area contributed by atoms with Crippen LogP contribution in [-0.2, 0) is 0 Å². The van der Waals surface area contributed by atoms with Gasteiger partial charge in [0.1, 0.15) is 0 Å². The molecule has 1 heterocycles. The van der Waals surface area contributed by atoms with E-state index in [1.54, 1.807) is 0 Å². The van der Waals surface area contributed by atoms with Gasteiger partial charge in [-0.05, 0) is 23.3 Å². The van der Waals surface area contributed by atoms with E-state index in [4.69, 9.17) is 0 Å². The number of hydrogen-bond acceptors (Lipinski definition) is 2. The maximum absolute atomic E-state index is 11.7. The lowest BCUT2D eigenvalue weighted by Crippen LogP contribution is -2.02. The van der Waals surface area contributed by atoms with Gasteiger partial charge in [0, 0.05) is 5.39 Å². The van der Waals surface area contributed by atoms with Gasteiger partial charge in [-0.25, -0.2) is 0 Å². The molecule has 0 saturated heterocycles. The van der Waals surface area contributed by atoms with Crippen LogP contribution in [0.15, 0.2) is 59.5 Å². The predicted molar refractivity (Wildman–Crippen MR) is 67.8 cm³/mol. The molecule has 82 valence electrons. The lowest BCUT2D eigenvalue weighted by molar-refractivity contribution is 1.06. The average molecular weight is 222 g/mol. The molecule has 2 aromatic carbocycles. The van der Waals surface area contributed by atoms with Crippen molar-refractivity contribution in [3.05, 3.63) is 65.0 Å². The van der Waals surface area contributed by atoms with Gasteiger partial charge in [0.25, 0.3) is 0 Å². The number of hydrogen-bond donors (Lipinski definition) is 1. The number of benzene rings is 2. The first-order chi connectivity index (χ1) is 8.34. The lowest BCUT2D eigenvalue weighted by Gasteiger charge is -2.02. The minimum Gasteiger partial charge on any atom is -0.287 e. The third-order valence-corrected chi connectivity index (χ3v) is 2.76. The fourth-order valence-corrected chi connectivity index (χ4v) is 1.89. The van der Waals surface area contributed by atoms with Crippen LogP contribution in [0.3, 0.4) is 0 Å². The molecule has 0 spiro atoms. The maximum Gasteiger partial charge on any atom is 0.207 e. The number of nitrogens with zero attached hydrogens (tertiary/aromatic N) is 1. The number of aromatic nitrogens is 2. The number of fused-ring (bicyclic) bond motifs is 1. The summed E-state index contributed by atoms with van der Waals surface area (Å²) in [6.45, 7) is 0. The molecule has 1 N–H and O–H groups in total. The Morgan fingerprint density at radius 2 is 1.76 bits per heavy atom. The maximum atomic E-state index is 11.7. The highest BCUT2D eigenvalue weighted by Crippen LogP contribution is 2.21. The van der Waals surface area contributed by atoms with Crippen molar-refractivity contribution < 1.29 is 0 Å². The molecule has 0 bridgehead atoms. The molecule has 17 heavy (non-hydrogen) atoms. The first kappa shape index (κ1) is 9.78. The van der Waals surface area contributed by atoms with Gasteiger partial charge in [0.05, 0.1) is 11.7 Å². The average Bonchev–Trinajstić information content (AvgIpc) is 2.40. The Balaban J connectivity index is 2.27. The van der Waals surface area contributed by atoms with Crippen LogP contribution in [0.5, 0.6) is 0 Å². The van der Waals surface area contributed by atoms with Crippen LogP contribution < -0.4 is 5.43 Å². The molecule has 0 fully saturated rings. The standard InChI is InChI=1S/C14H10N2O/c17-14-9-15-16-13-7-6-11(8-12(13)14)10-4-2-1-3-5-10/h1-9H,(H,16,17). The predicted octanol–water partition coefficient (Wildman–Crippen LogP) is 2.59. The van der Waals surface area contributed by atoms with Crippen LogP contribution in [-0.4, -0.2) is 10.2 Å². The van der Waals surface area contributed by atoms with Gasteiger partial charge in [0.2, 0.25) is 5.43 Å². The fourth-order valence-electron chi connectivity index (χ4n) is 1.89. The zero-order chi connectivity index (χ0) is 11.7. The molecule has 3 rings (SSSR count). The van der Waals surface area contributed by atoms with Gasteiger partial charge < -0.3 is 0 Å². The summed E-state index contributed by atoms with van der Waals surface area (Å²) in [5, 5.41) is 7.27. The van der Waals surface area contributed by atoms with E-state index < -0.39 is 0 Å². The van der Waals surface area contributed by atoms with Crippen LogP contribution in [0.1, 0.15) is 0 Å². The minimum atomic E-state index is -0.0588. The summed E-state index contributed by atoms with van der Waals surface area (Å²) in [6, 6.07) is 15.7. The van der Waals surface area contributed by atoms with Crippen molar-refractivity contribution in [1.82, 2.24) is 10.2 Å². The van der Waals surface area contributed by atoms with Gasteiger partial charge >= 0.3 is 0 Å². The topological polar surface area (TPSA) is 45.8 Å². The summed E-state index contributed by atoms with van der Waals surface area (Å²) in [6.07, 6.45) is 1.30. The molecule has 0 amide bonds. The molecule has 1 aromatic heterocycles. The van der Waals surface area contributed by atoms with E-state index in [9.17, 15) is 4.79 Å². The Labute approximate surface area is 97.7 Å². The molecule has 0 aliphatic heterocycles. The quantitative estimate of drug-likeness (QED) is 0.687. The third kappa shape index (κ3) is 1.72. The van der Waals surface area contributed by atoms with Gasteiger partial charge in [-0.3, -0.25) is 9.89 Å². The molecule has 3 nitrogen and oxygen atoms in total. The van der Waals surface area contributed by atoms with E-state index in [2.05, 4.69) is 10.2 Å². The SMILES string of the molecule is O=c1cn[nH]c2ccc(-c3ccccc3)cc12. The van der Waals surface area contributed by atoms with Crippen LogP contribution >= 0.6 is 0 Å².